The van der Waals surface area contributed by atoms with Crippen LogP contribution >= 0.6 is 0 Å². The molecule has 3 nitrogen and oxygen atoms in total. The van der Waals surface area contributed by atoms with Gasteiger partial charge in [-0.25, -0.2) is 4.79 Å². The molecule has 1 aliphatic rings. The molecule has 110 valence electrons. The lowest BCUT2D eigenvalue weighted by Gasteiger charge is -2.17. The summed E-state index contributed by atoms with van der Waals surface area (Å²) >= 11 is 0. The van der Waals surface area contributed by atoms with Crippen LogP contribution in [0.15, 0.2) is 54.1 Å². The Bertz CT molecular complexity index is 772. The Morgan fingerprint density at radius 2 is 1.91 bits per heavy atom. The highest BCUT2D eigenvalue weighted by Crippen LogP contribution is 2.26. The van der Waals surface area contributed by atoms with Gasteiger partial charge in [0, 0.05) is 11.1 Å². The maximum Gasteiger partial charge on any atom is 0.337 e. The number of hydrogen-bond acceptors (Lipinski definition) is 3. The van der Waals surface area contributed by atoms with Crippen LogP contribution < -0.4 is 0 Å². The summed E-state index contributed by atoms with van der Waals surface area (Å²) in [6.07, 6.45) is 3.45. The average molecular weight is 292 g/mol. The topological polar surface area (TPSA) is 43.4 Å². The number of rotatable bonds is 2. The summed E-state index contributed by atoms with van der Waals surface area (Å²) in [4.78, 5) is 24.1. The van der Waals surface area contributed by atoms with Gasteiger partial charge in [0.25, 0.3) is 0 Å². The number of allylic oxidation sites excluding steroid dienone is 1. The number of benzene rings is 2. The summed E-state index contributed by atoms with van der Waals surface area (Å²) in [6, 6.07) is 14.8. The number of methoxy groups -OCH3 is 1. The number of Topliss-reactive ketones (excluding diaryl/α,β-unsaturated/α-hetero) is 1. The molecule has 0 aliphatic heterocycles. The highest BCUT2D eigenvalue weighted by Gasteiger charge is 2.21. The molecule has 1 aliphatic carbocycles. The van der Waals surface area contributed by atoms with E-state index in [9.17, 15) is 9.59 Å². The Hall–Kier alpha value is -2.68. The van der Waals surface area contributed by atoms with Gasteiger partial charge in [-0.05, 0) is 42.2 Å². The van der Waals surface area contributed by atoms with Gasteiger partial charge in [-0.3, -0.25) is 4.79 Å². The van der Waals surface area contributed by atoms with E-state index >= 15 is 0 Å². The van der Waals surface area contributed by atoms with Crippen molar-refractivity contribution in [3.63, 3.8) is 0 Å². The van der Waals surface area contributed by atoms with E-state index in [0.29, 0.717) is 5.56 Å². The third-order valence-corrected chi connectivity index (χ3v) is 3.87. The van der Waals surface area contributed by atoms with Crippen LogP contribution in [0.4, 0.5) is 0 Å². The molecule has 0 saturated carbocycles. The van der Waals surface area contributed by atoms with Crippen LogP contribution in [0.3, 0.4) is 0 Å². The molecule has 0 heterocycles. The second-order valence-corrected chi connectivity index (χ2v) is 5.27. The summed E-state index contributed by atoms with van der Waals surface area (Å²) in [7, 11) is 1.36. The third kappa shape index (κ3) is 2.70. The second-order valence-electron chi connectivity index (χ2n) is 5.27. The molecule has 2 aromatic rings. The van der Waals surface area contributed by atoms with Crippen molar-refractivity contribution in [3.8, 4) is 0 Å². The van der Waals surface area contributed by atoms with E-state index in [1.165, 1.54) is 7.11 Å². The largest absolute Gasteiger partial charge is 0.465 e. The van der Waals surface area contributed by atoms with Gasteiger partial charge in [0.2, 0.25) is 0 Å². The van der Waals surface area contributed by atoms with Crippen LogP contribution in [0.1, 0.15) is 38.3 Å². The number of carbonyl (C=O) groups excluding carboxylic acids is 2. The number of carbonyl (C=O) groups is 2. The van der Waals surface area contributed by atoms with Crippen molar-refractivity contribution in [1.29, 1.82) is 0 Å². The predicted molar refractivity (Wildman–Crippen MR) is 84.9 cm³/mol. The van der Waals surface area contributed by atoms with Crippen molar-refractivity contribution in [3.05, 3.63) is 76.4 Å². The van der Waals surface area contributed by atoms with E-state index in [-0.39, 0.29) is 11.8 Å². The minimum atomic E-state index is -0.374. The van der Waals surface area contributed by atoms with Crippen LogP contribution in [0.2, 0.25) is 0 Å². The Morgan fingerprint density at radius 3 is 2.73 bits per heavy atom. The van der Waals surface area contributed by atoms with Gasteiger partial charge in [0.1, 0.15) is 0 Å². The maximum absolute atomic E-state index is 12.5. The fraction of sp³-hybridized carbons (Fsp3) is 0.158. The van der Waals surface area contributed by atoms with Gasteiger partial charge in [-0.2, -0.15) is 0 Å². The fourth-order valence-corrected chi connectivity index (χ4v) is 2.73. The molecule has 0 N–H and O–H groups in total. The Balaban J connectivity index is 1.94. The molecule has 0 bridgehead atoms. The zero-order chi connectivity index (χ0) is 15.5. The van der Waals surface area contributed by atoms with E-state index in [2.05, 4.69) is 0 Å². The number of ether oxygens (including phenoxy) is 1. The molecule has 0 fully saturated rings. The van der Waals surface area contributed by atoms with Crippen LogP contribution in [0, 0.1) is 0 Å². The number of fused-ring (bicyclic) bond motifs is 1. The SMILES string of the molecule is COC(=O)c1cccc(/C=C2\CCc3ccccc3C2=O)c1. The van der Waals surface area contributed by atoms with Crippen LogP contribution in [-0.4, -0.2) is 18.9 Å². The molecular weight excluding hydrogens is 276 g/mol. The van der Waals surface area contributed by atoms with Gasteiger partial charge in [0.05, 0.1) is 12.7 Å². The highest BCUT2D eigenvalue weighted by molar-refractivity contribution is 6.13. The van der Waals surface area contributed by atoms with Crippen molar-refractivity contribution in [2.45, 2.75) is 12.8 Å². The quantitative estimate of drug-likeness (QED) is 0.626. The molecular formula is C19H16O3. The van der Waals surface area contributed by atoms with Gasteiger partial charge in [-0.15, -0.1) is 0 Å². The predicted octanol–water partition coefficient (Wildman–Crippen LogP) is 3.69. The summed E-state index contributed by atoms with van der Waals surface area (Å²) in [5, 5.41) is 0. The van der Waals surface area contributed by atoms with E-state index in [0.717, 1.165) is 35.1 Å². The molecule has 0 amide bonds. The molecule has 0 aromatic heterocycles. The van der Waals surface area contributed by atoms with Crippen molar-refractivity contribution in [2.75, 3.05) is 7.11 Å². The molecule has 0 atom stereocenters. The lowest BCUT2D eigenvalue weighted by atomic mass is 9.86. The van der Waals surface area contributed by atoms with Gasteiger partial charge >= 0.3 is 5.97 Å². The first kappa shape index (κ1) is 14.3. The van der Waals surface area contributed by atoms with E-state index in [4.69, 9.17) is 4.74 Å². The lowest BCUT2D eigenvalue weighted by Crippen LogP contribution is -2.13. The maximum atomic E-state index is 12.5. The van der Waals surface area contributed by atoms with Crippen LogP contribution in [-0.2, 0) is 11.2 Å². The minimum absolute atomic E-state index is 0.0744. The first-order chi connectivity index (χ1) is 10.7. The molecule has 22 heavy (non-hydrogen) atoms. The monoisotopic (exact) mass is 292 g/mol. The second kappa shape index (κ2) is 5.98. The first-order valence-electron chi connectivity index (χ1n) is 7.20. The Morgan fingerprint density at radius 1 is 1.09 bits per heavy atom. The number of ketones is 1. The summed E-state index contributed by atoms with van der Waals surface area (Å²) in [5.74, 6) is -0.300. The van der Waals surface area contributed by atoms with Crippen molar-refractivity contribution >= 4 is 17.8 Å². The van der Waals surface area contributed by atoms with Crippen molar-refractivity contribution < 1.29 is 14.3 Å². The summed E-state index contributed by atoms with van der Waals surface area (Å²) < 4.78 is 4.72. The molecule has 0 saturated heterocycles. The smallest absolute Gasteiger partial charge is 0.337 e. The number of hydrogen-bond donors (Lipinski definition) is 0. The number of esters is 1. The Kier molecular flexibility index (Phi) is 3.88. The zero-order valence-corrected chi connectivity index (χ0v) is 12.3. The van der Waals surface area contributed by atoms with Gasteiger partial charge in [0.15, 0.2) is 5.78 Å². The number of aryl methyl sites for hydroxylation is 1. The normalized spacial score (nSPS) is 15.5. The molecule has 3 heteroatoms. The lowest BCUT2D eigenvalue weighted by molar-refractivity contribution is 0.0600. The van der Waals surface area contributed by atoms with Gasteiger partial charge in [-0.1, -0.05) is 36.4 Å². The molecule has 0 spiro atoms. The van der Waals surface area contributed by atoms with Gasteiger partial charge < -0.3 is 4.74 Å². The van der Waals surface area contributed by atoms with E-state index < -0.39 is 0 Å². The van der Waals surface area contributed by atoms with E-state index in [1.54, 1.807) is 18.2 Å². The van der Waals surface area contributed by atoms with Crippen LogP contribution in [0.25, 0.3) is 6.08 Å². The summed E-state index contributed by atoms with van der Waals surface area (Å²) in [5.41, 5.74) is 3.99. The minimum Gasteiger partial charge on any atom is -0.465 e. The highest BCUT2D eigenvalue weighted by atomic mass is 16.5. The Labute approximate surface area is 129 Å². The molecule has 2 aromatic carbocycles. The zero-order valence-electron chi connectivity index (χ0n) is 12.3. The fourth-order valence-electron chi connectivity index (χ4n) is 2.73. The average Bonchev–Trinajstić information content (AvgIpc) is 2.57. The molecule has 0 radical (unpaired) electrons. The van der Waals surface area contributed by atoms with Crippen molar-refractivity contribution in [2.24, 2.45) is 0 Å². The molecule has 3 rings (SSSR count). The van der Waals surface area contributed by atoms with Crippen LogP contribution in [0.5, 0.6) is 0 Å². The van der Waals surface area contributed by atoms with Crippen molar-refractivity contribution in [1.82, 2.24) is 0 Å². The third-order valence-electron chi connectivity index (χ3n) is 3.87. The summed E-state index contributed by atoms with van der Waals surface area (Å²) in [6.45, 7) is 0. The van der Waals surface area contributed by atoms with E-state index in [1.807, 2.05) is 36.4 Å². The standard InChI is InChI=1S/C19H16O3/c1-22-19(21)16-7-4-5-13(12-16)11-15-10-9-14-6-2-3-8-17(14)18(15)20/h2-8,11-12H,9-10H2,1H3/b15-11+. The first-order valence-corrected chi connectivity index (χ1v) is 7.20. The molecule has 0 unspecified atom stereocenters.